The molecule has 0 unspecified atom stereocenters. The Hall–Kier alpha value is -1.91. The third kappa shape index (κ3) is 3.24. The van der Waals surface area contributed by atoms with Gasteiger partial charge < -0.3 is 9.42 Å². The van der Waals surface area contributed by atoms with Crippen molar-refractivity contribution in [3.63, 3.8) is 0 Å². The molecule has 0 N–H and O–H groups in total. The predicted octanol–water partition coefficient (Wildman–Crippen LogP) is 4.95. The first-order valence-electron chi connectivity index (χ1n) is 10.2. The number of aryl methyl sites for hydroxylation is 2. The number of fused-ring (bicyclic) bond motifs is 1. The van der Waals surface area contributed by atoms with Crippen molar-refractivity contribution >= 4 is 17.0 Å². The Balaban J connectivity index is 1.75. The summed E-state index contributed by atoms with van der Waals surface area (Å²) in [4.78, 5) is 20.5. The van der Waals surface area contributed by atoms with Gasteiger partial charge in [-0.1, -0.05) is 43.7 Å². The van der Waals surface area contributed by atoms with Gasteiger partial charge in [0.1, 0.15) is 0 Å². The fourth-order valence-electron chi connectivity index (χ4n) is 4.87. The molecule has 0 atom stereocenters. The van der Waals surface area contributed by atoms with Crippen LogP contribution in [0.4, 0.5) is 0 Å². The van der Waals surface area contributed by atoms with E-state index < -0.39 is 0 Å². The van der Waals surface area contributed by atoms with E-state index >= 15 is 0 Å². The van der Waals surface area contributed by atoms with E-state index in [9.17, 15) is 4.79 Å². The number of pyridine rings is 1. The molecule has 0 radical (unpaired) electrons. The lowest BCUT2D eigenvalue weighted by atomic mass is 9.88. The molecule has 5 heteroatoms. The van der Waals surface area contributed by atoms with Crippen molar-refractivity contribution in [1.82, 2.24) is 15.0 Å². The number of hydrogen-bond acceptors (Lipinski definition) is 4. The Bertz CT molecular complexity index is 768. The summed E-state index contributed by atoms with van der Waals surface area (Å²) in [6, 6.07) is 2.68. The van der Waals surface area contributed by atoms with Crippen LogP contribution in [0, 0.1) is 13.8 Å². The van der Waals surface area contributed by atoms with Crippen molar-refractivity contribution < 1.29 is 9.32 Å². The summed E-state index contributed by atoms with van der Waals surface area (Å²) in [7, 11) is 0. The van der Waals surface area contributed by atoms with Crippen LogP contribution in [0.15, 0.2) is 10.6 Å². The molecular formula is C21H29N3O2. The molecule has 0 aliphatic heterocycles. The quantitative estimate of drug-likeness (QED) is 0.782. The maximum absolute atomic E-state index is 13.8. The highest BCUT2D eigenvalue weighted by Gasteiger charge is 2.34. The molecule has 0 spiro atoms. The standard InChI is InChI=1S/C21H29N3O2/c1-14-13-18(19-15(2)23-26-20(19)22-14)21(25)24(16-9-5-3-6-10-16)17-11-7-4-8-12-17/h13,16-17H,3-12H2,1-2H3. The summed E-state index contributed by atoms with van der Waals surface area (Å²) in [5.74, 6) is 0.158. The smallest absolute Gasteiger partial charge is 0.258 e. The van der Waals surface area contributed by atoms with E-state index in [0.29, 0.717) is 17.8 Å². The van der Waals surface area contributed by atoms with E-state index in [0.717, 1.165) is 48.0 Å². The number of carbonyl (C=O) groups is 1. The molecule has 0 bridgehead atoms. The van der Waals surface area contributed by atoms with Gasteiger partial charge in [0.15, 0.2) is 0 Å². The summed E-state index contributed by atoms with van der Waals surface area (Å²) in [6.07, 6.45) is 12.1. The molecule has 2 aliphatic carbocycles. The molecule has 2 heterocycles. The zero-order valence-electron chi connectivity index (χ0n) is 16.0. The Morgan fingerprint density at radius 3 is 2.15 bits per heavy atom. The molecule has 26 heavy (non-hydrogen) atoms. The van der Waals surface area contributed by atoms with Crippen LogP contribution in [0.25, 0.3) is 11.1 Å². The predicted molar refractivity (Wildman–Crippen MR) is 101 cm³/mol. The van der Waals surface area contributed by atoms with Crippen LogP contribution >= 0.6 is 0 Å². The minimum absolute atomic E-state index is 0.158. The average Bonchev–Trinajstić information content (AvgIpc) is 3.03. The molecule has 0 aromatic carbocycles. The number of hydrogen-bond donors (Lipinski definition) is 0. The summed E-state index contributed by atoms with van der Waals surface area (Å²) in [5.41, 5.74) is 2.77. The van der Waals surface area contributed by atoms with E-state index in [1.165, 1.54) is 38.5 Å². The third-order valence-corrected chi connectivity index (χ3v) is 6.15. The first-order chi connectivity index (χ1) is 12.6. The maximum Gasteiger partial charge on any atom is 0.258 e. The highest BCUT2D eigenvalue weighted by molar-refractivity contribution is 6.06. The fourth-order valence-corrected chi connectivity index (χ4v) is 4.87. The second kappa shape index (κ2) is 7.37. The van der Waals surface area contributed by atoms with Gasteiger partial charge in [-0.3, -0.25) is 4.79 Å². The number of amides is 1. The normalized spacial score (nSPS) is 19.8. The van der Waals surface area contributed by atoms with Gasteiger partial charge in [0.2, 0.25) is 0 Å². The van der Waals surface area contributed by atoms with Crippen LogP contribution < -0.4 is 0 Å². The number of carbonyl (C=O) groups excluding carboxylic acids is 1. The zero-order chi connectivity index (χ0) is 18.1. The molecule has 2 aliphatic rings. The molecule has 140 valence electrons. The van der Waals surface area contributed by atoms with E-state index in [4.69, 9.17) is 4.52 Å². The van der Waals surface area contributed by atoms with Gasteiger partial charge >= 0.3 is 0 Å². The van der Waals surface area contributed by atoms with Crippen LogP contribution in [-0.4, -0.2) is 33.0 Å². The molecule has 0 saturated heterocycles. The largest absolute Gasteiger partial charge is 0.336 e. The van der Waals surface area contributed by atoms with Crippen LogP contribution in [0.5, 0.6) is 0 Å². The maximum atomic E-state index is 13.8. The summed E-state index contributed by atoms with van der Waals surface area (Å²) >= 11 is 0. The van der Waals surface area contributed by atoms with Gasteiger partial charge in [-0.05, 0) is 45.6 Å². The van der Waals surface area contributed by atoms with Gasteiger partial charge in [0.25, 0.3) is 11.6 Å². The minimum atomic E-state index is 0.158. The van der Waals surface area contributed by atoms with Crippen molar-refractivity contribution in [2.45, 2.75) is 90.1 Å². The van der Waals surface area contributed by atoms with Crippen LogP contribution in [0.1, 0.15) is 86.0 Å². The minimum Gasteiger partial charge on any atom is -0.336 e. The second-order valence-corrected chi connectivity index (χ2v) is 8.06. The van der Waals surface area contributed by atoms with Crippen molar-refractivity contribution in [2.75, 3.05) is 0 Å². The van der Waals surface area contributed by atoms with Crippen LogP contribution in [0.2, 0.25) is 0 Å². The summed E-state index contributed by atoms with van der Waals surface area (Å²) in [5, 5.41) is 4.85. The van der Waals surface area contributed by atoms with Crippen molar-refractivity contribution in [1.29, 1.82) is 0 Å². The summed E-state index contributed by atoms with van der Waals surface area (Å²) in [6.45, 7) is 3.81. The SMILES string of the molecule is Cc1cc(C(=O)N(C2CCCCC2)C2CCCCC2)c2c(C)noc2n1. The van der Waals surface area contributed by atoms with Gasteiger partial charge in [-0.25, -0.2) is 4.98 Å². The topological polar surface area (TPSA) is 59.2 Å². The number of aromatic nitrogens is 2. The highest BCUT2D eigenvalue weighted by atomic mass is 16.5. The van der Waals surface area contributed by atoms with Crippen molar-refractivity contribution in [2.24, 2.45) is 0 Å². The molecule has 1 amide bonds. The van der Waals surface area contributed by atoms with E-state index in [1.807, 2.05) is 19.9 Å². The lowest BCUT2D eigenvalue weighted by molar-refractivity contribution is 0.0450. The van der Waals surface area contributed by atoms with E-state index in [1.54, 1.807) is 0 Å². The molecule has 2 saturated carbocycles. The Morgan fingerprint density at radius 2 is 1.58 bits per heavy atom. The lowest BCUT2D eigenvalue weighted by Gasteiger charge is -2.42. The number of nitrogens with zero attached hydrogens (tertiary/aromatic N) is 3. The van der Waals surface area contributed by atoms with Gasteiger partial charge in [-0.15, -0.1) is 0 Å². The second-order valence-electron chi connectivity index (χ2n) is 8.06. The summed E-state index contributed by atoms with van der Waals surface area (Å²) < 4.78 is 5.36. The molecule has 2 fully saturated rings. The van der Waals surface area contributed by atoms with Crippen molar-refractivity contribution in [3.8, 4) is 0 Å². The Morgan fingerprint density at radius 1 is 1.00 bits per heavy atom. The van der Waals surface area contributed by atoms with E-state index in [2.05, 4.69) is 15.0 Å². The van der Waals surface area contributed by atoms with Crippen LogP contribution in [0.3, 0.4) is 0 Å². The fraction of sp³-hybridized carbons (Fsp3) is 0.667. The van der Waals surface area contributed by atoms with Crippen LogP contribution in [-0.2, 0) is 0 Å². The number of rotatable bonds is 3. The molecule has 4 rings (SSSR count). The molecule has 5 nitrogen and oxygen atoms in total. The molecule has 2 aromatic rings. The van der Waals surface area contributed by atoms with Gasteiger partial charge in [0.05, 0.1) is 16.6 Å². The van der Waals surface area contributed by atoms with Crippen molar-refractivity contribution in [3.05, 3.63) is 23.0 Å². The van der Waals surface area contributed by atoms with E-state index in [-0.39, 0.29) is 5.91 Å². The molecule has 2 aromatic heterocycles. The monoisotopic (exact) mass is 355 g/mol. The third-order valence-electron chi connectivity index (χ3n) is 6.15. The van der Waals surface area contributed by atoms with Gasteiger partial charge in [0, 0.05) is 17.8 Å². The zero-order valence-corrected chi connectivity index (χ0v) is 16.0. The van der Waals surface area contributed by atoms with Gasteiger partial charge in [-0.2, -0.15) is 0 Å². The Kier molecular flexibility index (Phi) is 4.96. The Labute approximate surface area is 155 Å². The average molecular weight is 355 g/mol. The first kappa shape index (κ1) is 17.5. The first-order valence-corrected chi connectivity index (χ1v) is 10.2. The lowest BCUT2D eigenvalue weighted by Crippen LogP contribution is -2.48. The highest BCUT2D eigenvalue weighted by Crippen LogP contribution is 2.33. The molecular weight excluding hydrogens is 326 g/mol.